The molecule has 0 unspecified atom stereocenters. The molecule has 2 aliphatic heterocycles. The molecule has 0 radical (unpaired) electrons. The zero-order valence-corrected chi connectivity index (χ0v) is 20.0. The number of piperidine rings is 2. The lowest BCUT2D eigenvalue weighted by Crippen LogP contribution is -2.43. The molecule has 1 amide bonds. The SMILES string of the molecule is C[C@@H]1CCCN(c2ncc(-c3cccnc3)c([C@@H]3CCCN(C(=O)C4CCCCC4)C3)n2)C1. The van der Waals surface area contributed by atoms with E-state index in [1.165, 1.54) is 32.1 Å². The number of carbonyl (C=O) groups excluding carboxylic acids is 1. The zero-order chi connectivity index (χ0) is 22.6. The van der Waals surface area contributed by atoms with Crippen molar-refractivity contribution in [3.63, 3.8) is 0 Å². The van der Waals surface area contributed by atoms with E-state index in [9.17, 15) is 4.79 Å². The Morgan fingerprint density at radius 2 is 1.82 bits per heavy atom. The zero-order valence-electron chi connectivity index (χ0n) is 20.0. The number of carbonyl (C=O) groups is 1. The van der Waals surface area contributed by atoms with Crippen LogP contribution in [0.25, 0.3) is 11.1 Å². The molecule has 6 nitrogen and oxygen atoms in total. The number of pyridine rings is 1. The van der Waals surface area contributed by atoms with Crippen LogP contribution in [-0.4, -0.2) is 51.9 Å². The predicted molar refractivity (Wildman–Crippen MR) is 131 cm³/mol. The van der Waals surface area contributed by atoms with Gasteiger partial charge < -0.3 is 9.80 Å². The minimum atomic E-state index is 0.228. The lowest BCUT2D eigenvalue weighted by molar-refractivity contribution is -0.137. The number of hydrogen-bond acceptors (Lipinski definition) is 5. The fourth-order valence-corrected chi connectivity index (χ4v) is 5.97. The summed E-state index contributed by atoms with van der Waals surface area (Å²) in [5.74, 6) is 2.36. The number of rotatable bonds is 4. The van der Waals surface area contributed by atoms with Gasteiger partial charge in [-0.3, -0.25) is 9.78 Å². The molecule has 0 bridgehead atoms. The molecular formula is C27H37N5O. The van der Waals surface area contributed by atoms with Crippen molar-refractivity contribution in [2.45, 2.75) is 70.6 Å². The van der Waals surface area contributed by atoms with E-state index in [0.717, 1.165) is 74.6 Å². The topological polar surface area (TPSA) is 62.2 Å². The highest BCUT2D eigenvalue weighted by atomic mass is 16.2. The Morgan fingerprint density at radius 1 is 0.970 bits per heavy atom. The molecule has 1 saturated carbocycles. The van der Waals surface area contributed by atoms with Crippen molar-refractivity contribution < 1.29 is 4.79 Å². The largest absolute Gasteiger partial charge is 0.342 e. The average Bonchev–Trinajstić information content (AvgIpc) is 2.89. The maximum Gasteiger partial charge on any atom is 0.225 e. The summed E-state index contributed by atoms with van der Waals surface area (Å²) in [6.45, 7) is 6.01. The van der Waals surface area contributed by atoms with Crippen LogP contribution in [0.3, 0.4) is 0 Å². The number of nitrogens with zero attached hydrogens (tertiary/aromatic N) is 5. The smallest absolute Gasteiger partial charge is 0.225 e. The molecule has 2 aromatic heterocycles. The highest BCUT2D eigenvalue weighted by Gasteiger charge is 2.32. The minimum absolute atomic E-state index is 0.228. The van der Waals surface area contributed by atoms with Gasteiger partial charge in [-0.15, -0.1) is 0 Å². The first-order chi connectivity index (χ1) is 16.2. The Labute approximate surface area is 197 Å². The first-order valence-electron chi connectivity index (χ1n) is 13.0. The second kappa shape index (κ2) is 10.2. The first-order valence-corrected chi connectivity index (χ1v) is 13.0. The van der Waals surface area contributed by atoms with E-state index in [1.807, 2.05) is 18.5 Å². The molecule has 1 aliphatic carbocycles. The lowest BCUT2D eigenvalue weighted by Gasteiger charge is -2.37. The summed E-state index contributed by atoms with van der Waals surface area (Å²) in [5.41, 5.74) is 3.21. The summed E-state index contributed by atoms with van der Waals surface area (Å²) >= 11 is 0. The number of amides is 1. The van der Waals surface area contributed by atoms with E-state index in [-0.39, 0.29) is 11.8 Å². The Hall–Kier alpha value is -2.50. The van der Waals surface area contributed by atoms with Crippen LogP contribution < -0.4 is 4.90 Å². The van der Waals surface area contributed by atoms with Crippen molar-refractivity contribution in [2.75, 3.05) is 31.1 Å². The lowest BCUT2D eigenvalue weighted by atomic mass is 9.86. The normalized spacial score (nSPS) is 24.6. The van der Waals surface area contributed by atoms with Gasteiger partial charge in [0.2, 0.25) is 11.9 Å². The number of anilines is 1. The highest BCUT2D eigenvalue weighted by molar-refractivity contribution is 5.79. The summed E-state index contributed by atoms with van der Waals surface area (Å²) in [4.78, 5) is 32.1. The number of hydrogen-bond donors (Lipinski definition) is 0. The molecule has 3 fully saturated rings. The molecule has 2 aromatic rings. The summed E-state index contributed by atoms with van der Waals surface area (Å²) in [5, 5.41) is 0. The molecule has 5 rings (SSSR count). The van der Waals surface area contributed by atoms with Gasteiger partial charge in [-0.1, -0.05) is 32.3 Å². The molecule has 4 heterocycles. The van der Waals surface area contributed by atoms with Gasteiger partial charge in [-0.2, -0.15) is 0 Å². The van der Waals surface area contributed by atoms with Crippen molar-refractivity contribution >= 4 is 11.9 Å². The molecule has 176 valence electrons. The maximum absolute atomic E-state index is 13.3. The summed E-state index contributed by atoms with van der Waals surface area (Å²) < 4.78 is 0. The average molecular weight is 448 g/mol. The van der Waals surface area contributed by atoms with Crippen LogP contribution in [0.2, 0.25) is 0 Å². The van der Waals surface area contributed by atoms with E-state index in [4.69, 9.17) is 9.97 Å². The fraction of sp³-hybridized carbons (Fsp3) is 0.630. The number of likely N-dealkylation sites (tertiary alicyclic amines) is 1. The van der Waals surface area contributed by atoms with E-state index >= 15 is 0 Å². The van der Waals surface area contributed by atoms with E-state index < -0.39 is 0 Å². The second-order valence-electron chi connectivity index (χ2n) is 10.4. The quantitative estimate of drug-likeness (QED) is 0.655. The van der Waals surface area contributed by atoms with Gasteiger partial charge in [0, 0.05) is 67.7 Å². The van der Waals surface area contributed by atoms with Crippen molar-refractivity contribution in [1.29, 1.82) is 0 Å². The van der Waals surface area contributed by atoms with Crippen molar-refractivity contribution in [3.05, 3.63) is 36.4 Å². The maximum atomic E-state index is 13.3. The molecule has 33 heavy (non-hydrogen) atoms. The summed E-state index contributed by atoms with van der Waals surface area (Å²) in [6, 6.07) is 4.06. The van der Waals surface area contributed by atoms with Crippen molar-refractivity contribution in [3.8, 4) is 11.1 Å². The van der Waals surface area contributed by atoms with Crippen LogP contribution in [0.1, 0.15) is 76.3 Å². The highest BCUT2D eigenvalue weighted by Crippen LogP contribution is 2.35. The van der Waals surface area contributed by atoms with Gasteiger partial charge in [-0.25, -0.2) is 9.97 Å². The van der Waals surface area contributed by atoms with Crippen molar-refractivity contribution in [2.24, 2.45) is 11.8 Å². The van der Waals surface area contributed by atoms with Crippen LogP contribution in [0.4, 0.5) is 5.95 Å². The van der Waals surface area contributed by atoms with Gasteiger partial charge in [0.25, 0.3) is 0 Å². The van der Waals surface area contributed by atoms with Gasteiger partial charge >= 0.3 is 0 Å². The monoisotopic (exact) mass is 447 g/mol. The van der Waals surface area contributed by atoms with E-state index in [0.29, 0.717) is 11.8 Å². The summed E-state index contributed by atoms with van der Waals surface area (Å²) in [7, 11) is 0. The molecule has 2 saturated heterocycles. The fourth-order valence-electron chi connectivity index (χ4n) is 5.97. The Balaban J connectivity index is 1.44. The first kappa shape index (κ1) is 22.3. The molecule has 0 N–H and O–H groups in total. The summed E-state index contributed by atoms with van der Waals surface area (Å²) in [6.07, 6.45) is 16.1. The molecule has 0 aromatic carbocycles. The third-order valence-electron chi connectivity index (χ3n) is 7.79. The molecule has 3 aliphatic rings. The van der Waals surface area contributed by atoms with Crippen molar-refractivity contribution in [1.82, 2.24) is 19.9 Å². The Kier molecular flexibility index (Phi) is 6.88. The third-order valence-corrected chi connectivity index (χ3v) is 7.79. The van der Waals surface area contributed by atoms with E-state index in [2.05, 4.69) is 27.8 Å². The predicted octanol–water partition coefficient (Wildman–Crippen LogP) is 5.06. The molecule has 0 spiro atoms. The van der Waals surface area contributed by atoms with Gasteiger partial charge in [0.15, 0.2) is 0 Å². The Bertz CT molecular complexity index is 943. The minimum Gasteiger partial charge on any atom is -0.342 e. The second-order valence-corrected chi connectivity index (χ2v) is 10.4. The van der Waals surface area contributed by atoms with Crippen LogP contribution in [-0.2, 0) is 4.79 Å². The molecule has 2 atom stereocenters. The van der Waals surface area contributed by atoms with Crippen LogP contribution in [0.5, 0.6) is 0 Å². The van der Waals surface area contributed by atoms with E-state index in [1.54, 1.807) is 6.20 Å². The van der Waals surface area contributed by atoms with Crippen LogP contribution in [0, 0.1) is 11.8 Å². The Morgan fingerprint density at radius 3 is 2.61 bits per heavy atom. The van der Waals surface area contributed by atoms with Gasteiger partial charge in [0.1, 0.15) is 0 Å². The molecular weight excluding hydrogens is 410 g/mol. The number of aromatic nitrogens is 3. The van der Waals surface area contributed by atoms with Crippen LogP contribution in [0.15, 0.2) is 30.7 Å². The van der Waals surface area contributed by atoms with Gasteiger partial charge in [0.05, 0.1) is 5.69 Å². The van der Waals surface area contributed by atoms with Gasteiger partial charge in [-0.05, 0) is 50.5 Å². The van der Waals surface area contributed by atoms with Crippen LogP contribution >= 0.6 is 0 Å². The third kappa shape index (κ3) is 5.04. The molecule has 6 heteroatoms. The standard InChI is InChI=1S/C27H37N5O/c1-20-8-6-15-32(18-20)27-29-17-24(22-11-5-13-28-16-22)25(30-27)23-12-7-14-31(19-23)26(33)21-9-3-2-4-10-21/h5,11,13,16-17,20-21,23H,2-4,6-10,12,14-15,18-19H2,1H3/t20-,23-/m1/s1.